The second-order valence-electron chi connectivity index (χ2n) is 4.09. The van der Waals surface area contributed by atoms with Crippen LogP contribution in [0.5, 0.6) is 0 Å². The van der Waals surface area contributed by atoms with Gasteiger partial charge in [0.2, 0.25) is 0 Å². The summed E-state index contributed by atoms with van der Waals surface area (Å²) in [6, 6.07) is 9.38. The first-order valence-electron chi connectivity index (χ1n) is 5.91. The number of rotatable bonds is 5. The van der Waals surface area contributed by atoms with Crippen molar-refractivity contribution >= 4 is 21.5 Å². The lowest BCUT2D eigenvalue weighted by Crippen LogP contribution is -2.13. The summed E-state index contributed by atoms with van der Waals surface area (Å²) < 4.78 is 26.9. The van der Waals surface area contributed by atoms with Crippen LogP contribution in [0.2, 0.25) is 0 Å². The Balaban J connectivity index is 2.25. The monoisotopic (exact) mass is 293 g/mol. The van der Waals surface area contributed by atoms with E-state index in [0.717, 1.165) is 0 Å². The van der Waals surface area contributed by atoms with E-state index in [1.54, 1.807) is 31.3 Å². The first-order valence-corrected chi connectivity index (χ1v) is 7.40. The molecule has 0 aliphatic carbocycles. The van der Waals surface area contributed by atoms with Gasteiger partial charge in [0.05, 0.1) is 11.5 Å². The molecule has 0 aliphatic rings. The van der Waals surface area contributed by atoms with E-state index in [9.17, 15) is 8.42 Å². The zero-order chi connectivity index (χ0) is 14.6. The molecule has 2 aromatic rings. The van der Waals surface area contributed by atoms with Gasteiger partial charge in [-0.15, -0.1) is 0 Å². The van der Waals surface area contributed by atoms with Crippen LogP contribution >= 0.6 is 0 Å². The quantitative estimate of drug-likeness (QED) is 0.775. The summed E-state index contributed by atoms with van der Waals surface area (Å²) in [5, 5.41) is 11.7. The number of nitrogens with zero attached hydrogens (tertiary/aromatic N) is 1. The van der Waals surface area contributed by atoms with Crippen LogP contribution in [0.25, 0.3) is 0 Å². The standard InChI is InChI=1S/C13H15N3O3S/c1-14-13-8-12(6-7-15-13)20(18,19)16-11-4-2-10(9-17)3-5-11/h2-8,16-17H,9H2,1H3,(H,14,15). The molecule has 1 heterocycles. The number of sulfonamides is 1. The summed E-state index contributed by atoms with van der Waals surface area (Å²) in [6.07, 6.45) is 1.43. The lowest BCUT2D eigenvalue weighted by molar-refractivity contribution is 0.282. The third kappa shape index (κ3) is 3.25. The van der Waals surface area contributed by atoms with Crippen molar-refractivity contribution in [1.29, 1.82) is 0 Å². The van der Waals surface area contributed by atoms with Crippen LogP contribution in [0.3, 0.4) is 0 Å². The second kappa shape index (κ2) is 5.89. The van der Waals surface area contributed by atoms with E-state index in [1.165, 1.54) is 18.3 Å². The van der Waals surface area contributed by atoms with Crippen molar-refractivity contribution in [2.24, 2.45) is 0 Å². The molecule has 0 saturated heterocycles. The Morgan fingerprint density at radius 2 is 1.90 bits per heavy atom. The van der Waals surface area contributed by atoms with E-state index in [-0.39, 0.29) is 11.5 Å². The molecular formula is C13H15N3O3S. The van der Waals surface area contributed by atoms with Gasteiger partial charge in [-0.3, -0.25) is 4.72 Å². The van der Waals surface area contributed by atoms with Crippen LogP contribution in [0, 0.1) is 0 Å². The Hall–Kier alpha value is -2.12. The van der Waals surface area contributed by atoms with Crippen LogP contribution in [-0.2, 0) is 16.6 Å². The van der Waals surface area contributed by atoms with Crippen LogP contribution < -0.4 is 10.0 Å². The summed E-state index contributed by atoms with van der Waals surface area (Å²) in [7, 11) is -1.99. The topological polar surface area (TPSA) is 91.3 Å². The molecule has 1 aromatic carbocycles. The summed E-state index contributed by atoms with van der Waals surface area (Å²) in [6.45, 7) is -0.0804. The summed E-state index contributed by atoms with van der Waals surface area (Å²) >= 11 is 0. The van der Waals surface area contributed by atoms with Crippen LogP contribution in [0.15, 0.2) is 47.5 Å². The lowest BCUT2D eigenvalue weighted by atomic mass is 10.2. The van der Waals surface area contributed by atoms with Crippen molar-refractivity contribution < 1.29 is 13.5 Å². The molecule has 0 atom stereocenters. The van der Waals surface area contributed by atoms with Crippen LogP contribution in [-0.4, -0.2) is 25.6 Å². The number of aromatic nitrogens is 1. The van der Waals surface area contributed by atoms with Crippen molar-refractivity contribution in [3.63, 3.8) is 0 Å². The summed E-state index contributed by atoms with van der Waals surface area (Å²) in [5.74, 6) is 0.475. The highest BCUT2D eigenvalue weighted by molar-refractivity contribution is 7.92. The Labute approximate surface area is 117 Å². The van der Waals surface area contributed by atoms with Crippen molar-refractivity contribution in [1.82, 2.24) is 4.98 Å². The van der Waals surface area contributed by atoms with Crippen LogP contribution in [0.1, 0.15) is 5.56 Å². The number of anilines is 2. The molecular weight excluding hydrogens is 278 g/mol. The number of benzene rings is 1. The number of hydrogen-bond acceptors (Lipinski definition) is 5. The van der Waals surface area contributed by atoms with Gasteiger partial charge in [0.25, 0.3) is 10.0 Å². The molecule has 0 radical (unpaired) electrons. The van der Waals surface area contributed by atoms with Gasteiger partial charge in [-0.2, -0.15) is 0 Å². The predicted octanol–water partition coefficient (Wildman–Crippen LogP) is 1.42. The largest absolute Gasteiger partial charge is 0.392 e. The molecule has 0 unspecified atom stereocenters. The van der Waals surface area contributed by atoms with Gasteiger partial charge in [0.15, 0.2) is 0 Å². The van der Waals surface area contributed by atoms with E-state index in [4.69, 9.17) is 5.11 Å². The average Bonchev–Trinajstić information content (AvgIpc) is 2.48. The van der Waals surface area contributed by atoms with Gasteiger partial charge >= 0.3 is 0 Å². The van der Waals surface area contributed by atoms with Crippen molar-refractivity contribution in [2.45, 2.75) is 11.5 Å². The fourth-order valence-electron chi connectivity index (χ4n) is 1.61. The average molecular weight is 293 g/mol. The molecule has 0 spiro atoms. The first kappa shape index (κ1) is 14.3. The van der Waals surface area contributed by atoms with E-state index in [0.29, 0.717) is 17.1 Å². The zero-order valence-corrected chi connectivity index (χ0v) is 11.7. The maximum absolute atomic E-state index is 12.2. The number of nitrogens with one attached hydrogen (secondary N) is 2. The molecule has 0 fully saturated rings. The molecule has 0 saturated carbocycles. The Kier molecular flexibility index (Phi) is 4.21. The highest BCUT2D eigenvalue weighted by Crippen LogP contribution is 2.18. The number of aliphatic hydroxyl groups is 1. The Morgan fingerprint density at radius 1 is 1.20 bits per heavy atom. The molecule has 0 amide bonds. The lowest BCUT2D eigenvalue weighted by Gasteiger charge is -2.09. The summed E-state index contributed by atoms with van der Waals surface area (Å²) in [5.41, 5.74) is 1.15. The van der Waals surface area contributed by atoms with Crippen molar-refractivity contribution in [3.05, 3.63) is 48.2 Å². The molecule has 106 valence electrons. The molecule has 2 rings (SSSR count). The summed E-state index contributed by atoms with van der Waals surface area (Å²) in [4.78, 5) is 4.10. The minimum absolute atomic E-state index is 0.0804. The van der Waals surface area contributed by atoms with Crippen molar-refractivity contribution in [3.8, 4) is 0 Å². The Morgan fingerprint density at radius 3 is 2.50 bits per heavy atom. The van der Waals surface area contributed by atoms with E-state index >= 15 is 0 Å². The second-order valence-corrected chi connectivity index (χ2v) is 5.77. The van der Waals surface area contributed by atoms with Crippen molar-refractivity contribution in [2.75, 3.05) is 17.1 Å². The fraction of sp³-hybridized carbons (Fsp3) is 0.154. The fourth-order valence-corrected chi connectivity index (χ4v) is 2.68. The number of pyridine rings is 1. The molecule has 7 heteroatoms. The highest BCUT2D eigenvalue weighted by atomic mass is 32.2. The SMILES string of the molecule is CNc1cc(S(=O)(=O)Nc2ccc(CO)cc2)ccn1. The maximum Gasteiger partial charge on any atom is 0.262 e. The van der Waals surface area contributed by atoms with Gasteiger partial charge in [0, 0.05) is 25.0 Å². The van der Waals surface area contributed by atoms with E-state index < -0.39 is 10.0 Å². The smallest absolute Gasteiger partial charge is 0.262 e. The minimum Gasteiger partial charge on any atom is -0.392 e. The molecule has 20 heavy (non-hydrogen) atoms. The van der Waals surface area contributed by atoms with E-state index in [2.05, 4.69) is 15.0 Å². The van der Waals surface area contributed by atoms with Gasteiger partial charge in [-0.1, -0.05) is 12.1 Å². The normalized spacial score (nSPS) is 11.1. The molecule has 0 aliphatic heterocycles. The molecule has 3 N–H and O–H groups in total. The van der Waals surface area contributed by atoms with Crippen LogP contribution in [0.4, 0.5) is 11.5 Å². The Bertz CT molecular complexity index is 684. The maximum atomic E-state index is 12.2. The van der Waals surface area contributed by atoms with Gasteiger partial charge in [-0.25, -0.2) is 13.4 Å². The van der Waals surface area contributed by atoms with Gasteiger partial charge < -0.3 is 10.4 Å². The third-order valence-electron chi connectivity index (χ3n) is 2.69. The zero-order valence-electron chi connectivity index (χ0n) is 10.9. The van der Waals surface area contributed by atoms with Gasteiger partial charge in [-0.05, 0) is 23.8 Å². The first-order chi connectivity index (χ1) is 9.55. The molecule has 6 nitrogen and oxygen atoms in total. The number of aliphatic hydroxyl groups excluding tert-OH is 1. The number of hydrogen-bond donors (Lipinski definition) is 3. The van der Waals surface area contributed by atoms with Gasteiger partial charge in [0.1, 0.15) is 5.82 Å². The minimum atomic E-state index is -3.66. The molecule has 0 bridgehead atoms. The molecule has 1 aromatic heterocycles. The predicted molar refractivity (Wildman–Crippen MR) is 77.0 cm³/mol. The third-order valence-corrected chi connectivity index (χ3v) is 4.07. The highest BCUT2D eigenvalue weighted by Gasteiger charge is 2.14. The van der Waals surface area contributed by atoms with E-state index in [1.807, 2.05) is 0 Å².